The number of fused-ring (bicyclic) bond motifs is 1. The monoisotopic (exact) mass is 358 g/mol. The van der Waals surface area contributed by atoms with Crippen LogP contribution in [0, 0.1) is 0 Å². The molecule has 1 aliphatic rings. The van der Waals surface area contributed by atoms with E-state index in [1.807, 2.05) is 49.4 Å². The van der Waals surface area contributed by atoms with Crippen LogP contribution >= 0.6 is 0 Å². The topological polar surface area (TPSA) is 66.5 Å². The van der Waals surface area contributed by atoms with Crippen molar-refractivity contribution in [2.24, 2.45) is 0 Å². The molecule has 1 heterocycles. The molecule has 0 radical (unpaired) electrons. The Morgan fingerprint density at radius 1 is 1.08 bits per heavy atom. The summed E-state index contributed by atoms with van der Waals surface area (Å²) in [5, 5.41) is 0. The third-order valence-electron chi connectivity index (χ3n) is 4.21. The van der Waals surface area contributed by atoms with E-state index in [1.165, 1.54) is 0 Å². The van der Waals surface area contributed by atoms with Gasteiger partial charge in [-0.3, -0.25) is 9.52 Å². The molecule has 2 aromatic carbocycles. The van der Waals surface area contributed by atoms with Gasteiger partial charge in [0.1, 0.15) is 0 Å². The zero-order valence-electron chi connectivity index (χ0n) is 14.2. The van der Waals surface area contributed by atoms with Crippen LogP contribution in [0.5, 0.6) is 0 Å². The van der Waals surface area contributed by atoms with Crippen LogP contribution in [0.25, 0.3) is 0 Å². The van der Waals surface area contributed by atoms with Gasteiger partial charge in [0.05, 0.1) is 12.3 Å². The first-order chi connectivity index (χ1) is 12.0. The molecule has 0 atom stereocenters. The van der Waals surface area contributed by atoms with Gasteiger partial charge in [0, 0.05) is 17.8 Å². The number of hydrogen-bond donors (Lipinski definition) is 1. The normalized spacial score (nSPS) is 14.3. The van der Waals surface area contributed by atoms with Gasteiger partial charge >= 0.3 is 0 Å². The Labute approximate surface area is 148 Å². The van der Waals surface area contributed by atoms with Crippen LogP contribution in [0.1, 0.15) is 30.9 Å². The molecule has 6 heteroatoms. The van der Waals surface area contributed by atoms with Crippen LogP contribution < -0.4 is 9.62 Å². The largest absolute Gasteiger partial charge is 0.308 e. The fraction of sp³-hybridized carbons (Fsp3) is 0.316. The quantitative estimate of drug-likeness (QED) is 0.861. The van der Waals surface area contributed by atoms with Crippen molar-refractivity contribution in [3.8, 4) is 0 Å². The molecule has 1 amide bonds. The maximum atomic E-state index is 12.4. The first kappa shape index (κ1) is 17.5. The smallest absolute Gasteiger partial charge is 0.232 e. The van der Waals surface area contributed by atoms with E-state index in [-0.39, 0.29) is 11.7 Å². The van der Waals surface area contributed by atoms with Crippen molar-refractivity contribution in [1.29, 1.82) is 0 Å². The van der Waals surface area contributed by atoms with Crippen molar-refractivity contribution in [2.45, 2.75) is 32.7 Å². The Morgan fingerprint density at radius 2 is 1.84 bits per heavy atom. The van der Waals surface area contributed by atoms with Crippen molar-refractivity contribution in [3.63, 3.8) is 0 Å². The van der Waals surface area contributed by atoms with Crippen LogP contribution in [0.15, 0.2) is 48.5 Å². The Morgan fingerprint density at radius 3 is 2.56 bits per heavy atom. The highest BCUT2D eigenvalue weighted by Gasteiger charge is 2.24. The summed E-state index contributed by atoms with van der Waals surface area (Å²) in [7, 11) is -3.31. The molecule has 132 valence electrons. The summed E-state index contributed by atoms with van der Waals surface area (Å²) in [6.07, 6.45) is 1.63. The van der Waals surface area contributed by atoms with Crippen molar-refractivity contribution in [1.82, 2.24) is 0 Å². The van der Waals surface area contributed by atoms with Gasteiger partial charge in [0.2, 0.25) is 15.9 Å². The molecule has 0 fully saturated rings. The minimum atomic E-state index is -3.31. The molecule has 25 heavy (non-hydrogen) atoms. The predicted molar refractivity (Wildman–Crippen MR) is 100 cm³/mol. The molecule has 0 saturated heterocycles. The summed E-state index contributed by atoms with van der Waals surface area (Å²) in [6, 6.07) is 15.2. The van der Waals surface area contributed by atoms with E-state index < -0.39 is 10.0 Å². The van der Waals surface area contributed by atoms with Gasteiger partial charge < -0.3 is 4.90 Å². The zero-order valence-corrected chi connectivity index (χ0v) is 15.1. The summed E-state index contributed by atoms with van der Waals surface area (Å²) in [5.74, 6) is 0.193. The van der Waals surface area contributed by atoms with Gasteiger partial charge in [0.25, 0.3) is 0 Å². The second-order valence-electron chi connectivity index (χ2n) is 6.23. The Kier molecular flexibility index (Phi) is 5.08. The average molecular weight is 358 g/mol. The van der Waals surface area contributed by atoms with E-state index in [9.17, 15) is 13.2 Å². The number of sulfonamides is 1. The van der Waals surface area contributed by atoms with Crippen LogP contribution in [0.4, 0.5) is 11.4 Å². The van der Waals surface area contributed by atoms with Gasteiger partial charge in [-0.05, 0) is 42.2 Å². The predicted octanol–water partition coefficient (Wildman–Crippen LogP) is 3.32. The molecule has 0 aliphatic carbocycles. The van der Waals surface area contributed by atoms with E-state index in [0.29, 0.717) is 31.5 Å². The molecule has 0 unspecified atom stereocenters. The fourth-order valence-corrected chi connectivity index (χ4v) is 4.19. The van der Waals surface area contributed by atoms with E-state index >= 15 is 0 Å². The molecule has 2 aromatic rings. The highest BCUT2D eigenvalue weighted by atomic mass is 32.2. The maximum absolute atomic E-state index is 12.4. The van der Waals surface area contributed by atoms with E-state index in [0.717, 1.165) is 16.8 Å². The summed E-state index contributed by atoms with van der Waals surface area (Å²) in [4.78, 5) is 14.2. The first-order valence-electron chi connectivity index (χ1n) is 8.46. The second-order valence-corrected chi connectivity index (χ2v) is 8.07. The average Bonchev–Trinajstić information content (AvgIpc) is 2.58. The highest BCUT2D eigenvalue weighted by Crippen LogP contribution is 2.31. The summed E-state index contributed by atoms with van der Waals surface area (Å²) in [5.41, 5.74) is 3.48. The minimum absolute atomic E-state index is 0.0932. The molecule has 0 spiro atoms. The van der Waals surface area contributed by atoms with Gasteiger partial charge in [-0.1, -0.05) is 37.3 Å². The molecular weight excluding hydrogens is 336 g/mol. The summed E-state index contributed by atoms with van der Waals surface area (Å²) >= 11 is 0. The number of aryl methyl sites for hydroxylation is 1. The number of carbonyl (C=O) groups is 1. The lowest BCUT2D eigenvalue weighted by Gasteiger charge is -2.30. The number of rotatable bonds is 6. The number of anilines is 2. The summed E-state index contributed by atoms with van der Waals surface area (Å²) in [6.45, 7) is 2.35. The van der Waals surface area contributed by atoms with Crippen molar-refractivity contribution < 1.29 is 13.2 Å². The van der Waals surface area contributed by atoms with Gasteiger partial charge in [0.15, 0.2) is 0 Å². The fourth-order valence-electron chi connectivity index (χ4n) is 3.06. The molecule has 0 aromatic heterocycles. The van der Waals surface area contributed by atoms with Crippen LogP contribution in [-0.4, -0.2) is 20.1 Å². The Balaban J connectivity index is 1.86. The van der Waals surface area contributed by atoms with Crippen molar-refractivity contribution >= 4 is 27.3 Å². The lowest BCUT2D eigenvalue weighted by Crippen LogP contribution is -2.34. The van der Waals surface area contributed by atoms with E-state index in [4.69, 9.17) is 0 Å². The van der Waals surface area contributed by atoms with Gasteiger partial charge in [-0.25, -0.2) is 8.42 Å². The third-order valence-corrected chi connectivity index (χ3v) is 5.70. The molecular formula is C19H22N2O3S. The van der Waals surface area contributed by atoms with Crippen LogP contribution in [0.3, 0.4) is 0 Å². The second kappa shape index (κ2) is 7.27. The van der Waals surface area contributed by atoms with E-state index in [1.54, 1.807) is 11.0 Å². The molecule has 5 nitrogen and oxygen atoms in total. The number of carbonyl (C=O) groups excluding carboxylic acids is 1. The van der Waals surface area contributed by atoms with Crippen molar-refractivity contribution in [2.75, 3.05) is 15.4 Å². The molecule has 0 saturated carbocycles. The molecule has 1 aliphatic heterocycles. The van der Waals surface area contributed by atoms with Gasteiger partial charge in [-0.2, -0.15) is 0 Å². The Bertz CT molecular complexity index is 863. The Hall–Kier alpha value is -2.34. The third kappa shape index (κ3) is 4.20. The standard InChI is InChI=1S/C19H22N2O3S/c1-2-12-25(23,24)20-17-9-10-18-16(13-17)8-11-19(22)21(18)14-15-6-4-3-5-7-15/h3-7,9-10,13,20H,2,8,11-12,14H2,1H3. The number of nitrogens with zero attached hydrogens (tertiary/aromatic N) is 1. The highest BCUT2D eigenvalue weighted by molar-refractivity contribution is 7.92. The first-order valence-corrected chi connectivity index (χ1v) is 10.1. The van der Waals surface area contributed by atoms with E-state index in [2.05, 4.69) is 4.72 Å². The number of amides is 1. The minimum Gasteiger partial charge on any atom is -0.308 e. The lowest BCUT2D eigenvalue weighted by molar-refractivity contribution is -0.119. The molecule has 0 bridgehead atoms. The number of benzene rings is 2. The maximum Gasteiger partial charge on any atom is 0.232 e. The summed E-state index contributed by atoms with van der Waals surface area (Å²) < 4.78 is 26.5. The van der Waals surface area contributed by atoms with Crippen LogP contribution in [-0.2, 0) is 27.8 Å². The number of hydrogen-bond acceptors (Lipinski definition) is 3. The lowest BCUT2D eigenvalue weighted by atomic mass is 10.00. The molecule has 1 N–H and O–H groups in total. The van der Waals surface area contributed by atoms with Gasteiger partial charge in [-0.15, -0.1) is 0 Å². The van der Waals surface area contributed by atoms with Crippen molar-refractivity contribution in [3.05, 3.63) is 59.7 Å². The SMILES string of the molecule is CCCS(=O)(=O)Nc1ccc2c(c1)CCC(=O)N2Cc1ccccc1. The molecule has 3 rings (SSSR count). The zero-order chi connectivity index (χ0) is 17.9. The van der Waals surface area contributed by atoms with Crippen LogP contribution in [0.2, 0.25) is 0 Å². The number of nitrogens with one attached hydrogen (secondary N) is 1.